The van der Waals surface area contributed by atoms with Gasteiger partial charge in [0.25, 0.3) is 6.26 Å². The van der Waals surface area contributed by atoms with E-state index in [0.717, 1.165) is 0 Å². The van der Waals surface area contributed by atoms with Gasteiger partial charge in [-0.05, 0) is 25.0 Å². The minimum absolute atomic E-state index is 0.454. The normalized spacial score (nSPS) is 8.82. The van der Waals surface area contributed by atoms with E-state index in [-0.39, 0.29) is 0 Å². The number of hydrogen-bond acceptors (Lipinski definition) is 2. The third kappa shape index (κ3) is 1.50. The van der Waals surface area contributed by atoms with Crippen LogP contribution in [0.3, 0.4) is 0 Å². The topological polar surface area (TPSA) is 33.0 Å². The molecule has 0 unspecified atom stereocenters. The van der Waals surface area contributed by atoms with Gasteiger partial charge in [0, 0.05) is 0 Å². The average Bonchev–Trinajstić information content (AvgIpc) is 1.97. The predicted octanol–water partition coefficient (Wildman–Crippen LogP) is 1.91. The van der Waals surface area contributed by atoms with Gasteiger partial charge in [0.1, 0.15) is 5.75 Å². The summed E-state index contributed by atoms with van der Waals surface area (Å²) in [6, 6.07) is 5.34. The van der Waals surface area contributed by atoms with Gasteiger partial charge in [-0.25, -0.2) is 0 Å². The highest BCUT2D eigenvalue weighted by molar-refractivity contribution is 5.45. The second-order valence-electron chi connectivity index (χ2n) is 2.10. The Morgan fingerprint density at radius 1 is 1.27 bits per heavy atom. The van der Waals surface area contributed by atoms with Crippen molar-refractivity contribution in [3.05, 3.63) is 43.2 Å². The first kappa shape index (κ1) is 7.62. The fraction of sp³-hybridized carbons (Fsp3) is 0. The van der Waals surface area contributed by atoms with E-state index in [9.17, 15) is 0 Å². The van der Waals surface area contributed by atoms with Crippen LogP contribution in [0.15, 0.2) is 18.2 Å². The number of para-hydroxylation sites is 1. The highest BCUT2D eigenvalue weighted by Gasteiger charge is 2.01. The Morgan fingerprint density at radius 3 is 2.27 bits per heavy atom. The van der Waals surface area contributed by atoms with Crippen molar-refractivity contribution in [2.24, 2.45) is 0 Å². The summed E-state index contributed by atoms with van der Waals surface area (Å²) in [4.78, 5) is 0. The molecule has 0 aliphatic rings. The van der Waals surface area contributed by atoms with Crippen LogP contribution in [0.1, 0.15) is 11.1 Å². The van der Waals surface area contributed by atoms with Gasteiger partial charge >= 0.3 is 0 Å². The fourth-order valence-electron chi connectivity index (χ4n) is 0.815. The number of rotatable bonds is 1. The molecule has 0 saturated heterocycles. The predicted molar refractivity (Wildman–Crippen MR) is 41.6 cm³/mol. The van der Waals surface area contributed by atoms with Crippen LogP contribution in [0, 0.1) is 25.4 Å². The van der Waals surface area contributed by atoms with Crippen molar-refractivity contribution in [3.8, 4) is 12.0 Å². The Balaban J connectivity index is 3.12. The van der Waals surface area contributed by atoms with E-state index < -0.39 is 0 Å². The monoisotopic (exact) mass is 145 g/mol. The Kier molecular flexibility index (Phi) is 2.12. The van der Waals surface area contributed by atoms with Crippen LogP contribution in [0.5, 0.6) is 5.75 Å². The number of hydrogen-bond donors (Lipinski definition) is 0. The van der Waals surface area contributed by atoms with Crippen molar-refractivity contribution in [2.75, 3.05) is 0 Å². The molecule has 0 atom stereocenters. The van der Waals surface area contributed by atoms with Crippen LogP contribution in [-0.4, -0.2) is 0 Å². The molecule has 0 spiro atoms. The quantitative estimate of drug-likeness (QED) is 0.565. The highest BCUT2D eigenvalue weighted by atomic mass is 16.5. The molecule has 11 heavy (non-hydrogen) atoms. The molecule has 0 bridgehead atoms. The van der Waals surface area contributed by atoms with Gasteiger partial charge in [-0.15, -0.1) is 5.26 Å². The van der Waals surface area contributed by atoms with Crippen LogP contribution in [-0.2, 0) is 0 Å². The molecule has 2 nitrogen and oxygen atoms in total. The van der Waals surface area contributed by atoms with Crippen LogP contribution in [0.25, 0.3) is 0 Å². The van der Waals surface area contributed by atoms with Crippen molar-refractivity contribution in [1.82, 2.24) is 0 Å². The average molecular weight is 145 g/mol. The zero-order valence-electron chi connectivity index (χ0n) is 6.00. The molecule has 2 radical (unpaired) electrons. The molecule has 0 aromatic heterocycles. The first-order valence-corrected chi connectivity index (χ1v) is 3.08. The number of benzene rings is 1. The van der Waals surface area contributed by atoms with E-state index in [2.05, 4.69) is 18.6 Å². The SMILES string of the molecule is [CH2]c1cccc([CH2])c1OC#N. The van der Waals surface area contributed by atoms with E-state index in [1.807, 2.05) is 6.07 Å². The van der Waals surface area contributed by atoms with Crippen LogP contribution in [0.2, 0.25) is 0 Å². The van der Waals surface area contributed by atoms with Crippen molar-refractivity contribution < 1.29 is 4.74 Å². The molecular weight excluding hydrogens is 138 g/mol. The molecule has 1 aromatic carbocycles. The van der Waals surface area contributed by atoms with E-state index in [0.29, 0.717) is 16.9 Å². The molecule has 1 rings (SSSR count). The summed E-state index contributed by atoms with van der Waals surface area (Å²) >= 11 is 0. The summed E-state index contributed by atoms with van der Waals surface area (Å²) in [6.45, 7) is 7.37. The van der Waals surface area contributed by atoms with Gasteiger partial charge in [-0.3, -0.25) is 0 Å². The minimum atomic E-state index is 0.454. The van der Waals surface area contributed by atoms with E-state index in [1.54, 1.807) is 18.4 Å². The second kappa shape index (κ2) is 3.07. The van der Waals surface area contributed by atoms with Gasteiger partial charge in [0.05, 0.1) is 0 Å². The molecule has 0 N–H and O–H groups in total. The summed E-state index contributed by atoms with van der Waals surface area (Å²) < 4.78 is 4.65. The van der Waals surface area contributed by atoms with Crippen LogP contribution < -0.4 is 4.74 Å². The largest absolute Gasteiger partial charge is 0.387 e. The summed E-state index contributed by atoms with van der Waals surface area (Å²) in [6.07, 6.45) is 1.59. The molecule has 1 aromatic rings. The molecule has 0 heterocycles. The Hall–Kier alpha value is -1.49. The lowest BCUT2D eigenvalue weighted by molar-refractivity contribution is 0.503. The summed E-state index contributed by atoms with van der Waals surface area (Å²) in [5.41, 5.74) is 1.36. The fourth-order valence-corrected chi connectivity index (χ4v) is 0.815. The van der Waals surface area contributed by atoms with Gasteiger partial charge < -0.3 is 4.74 Å². The maximum absolute atomic E-state index is 8.24. The zero-order valence-corrected chi connectivity index (χ0v) is 6.00. The Morgan fingerprint density at radius 2 is 1.82 bits per heavy atom. The van der Waals surface area contributed by atoms with Gasteiger partial charge in [0.2, 0.25) is 0 Å². The number of nitrogens with zero attached hydrogens (tertiary/aromatic N) is 1. The highest BCUT2D eigenvalue weighted by Crippen LogP contribution is 2.21. The lowest BCUT2D eigenvalue weighted by Gasteiger charge is -2.03. The minimum Gasteiger partial charge on any atom is -0.387 e. The van der Waals surface area contributed by atoms with Gasteiger partial charge in [-0.2, -0.15) is 0 Å². The maximum Gasteiger partial charge on any atom is 0.292 e. The van der Waals surface area contributed by atoms with Crippen molar-refractivity contribution in [3.63, 3.8) is 0 Å². The molecule has 0 fully saturated rings. The van der Waals surface area contributed by atoms with E-state index in [4.69, 9.17) is 5.26 Å². The number of nitriles is 1. The van der Waals surface area contributed by atoms with Crippen molar-refractivity contribution >= 4 is 0 Å². The van der Waals surface area contributed by atoms with Crippen molar-refractivity contribution in [1.29, 1.82) is 5.26 Å². The number of ether oxygens (including phenoxy) is 1. The molecule has 54 valence electrons. The van der Waals surface area contributed by atoms with Crippen LogP contribution >= 0.6 is 0 Å². The van der Waals surface area contributed by atoms with Crippen LogP contribution in [0.4, 0.5) is 0 Å². The first-order chi connectivity index (χ1) is 5.25. The lowest BCUT2D eigenvalue weighted by Crippen LogP contribution is -1.88. The Bertz CT molecular complexity index is 279. The third-order valence-electron chi connectivity index (χ3n) is 1.33. The summed E-state index contributed by atoms with van der Waals surface area (Å²) in [5, 5.41) is 8.24. The first-order valence-electron chi connectivity index (χ1n) is 3.08. The lowest BCUT2D eigenvalue weighted by atomic mass is 10.1. The van der Waals surface area contributed by atoms with E-state index >= 15 is 0 Å². The molecule has 2 heteroatoms. The molecule has 0 aliphatic heterocycles. The molecule has 0 amide bonds. The van der Waals surface area contributed by atoms with E-state index in [1.165, 1.54) is 0 Å². The van der Waals surface area contributed by atoms with Gasteiger partial charge in [0.15, 0.2) is 0 Å². The standard InChI is InChI=1S/C9H7NO/c1-7-4-3-5-8(2)9(7)11-6-10/h3-5H,1-2H2. The molecular formula is C9H7NO. The third-order valence-corrected chi connectivity index (χ3v) is 1.33. The molecule has 0 aliphatic carbocycles. The van der Waals surface area contributed by atoms with Gasteiger partial charge in [-0.1, -0.05) is 18.2 Å². The Labute approximate surface area is 66.0 Å². The zero-order chi connectivity index (χ0) is 8.27. The molecule has 0 saturated carbocycles. The summed E-state index contributed by atoms with van der Waals surface area (Å²) in [7, 11) is 0. The summed E-state index contributed by atoms with van der Waals surface area (Å²) in [5.74, 6) is 0.454. The van der Waals surface area contributed by atoms with Crippen molar-refractivity contribution in [2.45, 2.75) is 0 Å². The maximum atomic E-state index is 8.24. The second-order valence-corrected chi connectivity index (χ2v) is 2.10. The smallest absolute Gasteiger partial charge is 0.292 e.